The number of piperidine rings is 1. The van der Waals surface area contributed by atoms with Gasteiger partial charge in [0.15, 0.2) is 0 Å². The summed E-state index contributed by atoms with van der Waals surface area (Å²) in [6.45, 7) is 2.01. The van der Waals surface area contributed by atoms with E-state index in [1.165, 1.54) is 28.4 Å². The van der Waals surface area contributed by atoms with E-state index in [0.717, 1.165) is 21.4 Å². The lowest BCUT2D eigenvalue weighted by Gasteiger charge is -2.44. The van der Waals surface area contributed by atoms with E-state index < -0.39 is 17.2 Å². The molecule has 0 bridgehead atoms. The number of carbonyl (C=O) groups excluding carboxylic acids is 1. The maximum absolute atomic E-state index is 14.0. The predicted molar refractivity (Wildman–Crippen MR) is 126 cm³/mol. The molecule has 33 heavy (non-hydrogen) atoms. The van der Waals surface area contributed by atoms with Crippen molar-refractivity contribution in [1.82, 2.24) is 4.90 Å². The number of amides is 1. The zero-order chi connectivity index (χ0) is 23.3. The lowest BCUT2D eigenvalue weighted by molar-refractivity contribution is -0.131. The number of rotatable bonds is 3. The number of halogens is 1. The number of nitrogens with zero attached hydrogens (tertiary/aromatic N) is 2. The van der Waals surface area contributed by atoms with E-state index in [2.05, 4.69) is 0 Å². The van der Waals surface area contributed by atoms with Crippen molar-refractivity contribution in [3.63, 3.8) is 0 Å². The van der Waals surface area contributed by atoms with Gasteiger partial charge in [0.1, 0.15) is 17.2 Å². The summed E-state index contributed by atoms with van der Waals surface area (Å²) in [6, 6.07) is 15.9. The summed E-state index contributed by atoms with van der Waals surface area (Å²) in [6.07, 6.45) is 2.00. The minimum Gasteiger partial charge on any atom is -0.464 e. The van der Waals surface area contributed by atoms with Crippen LogP contribution in [0, 0.1) is 22.6 Å². The first-order chi connectivity index (χ1) is 15.8. The topological polar surface area (TPSA) is 81.1 Å². The number of carbonyl (C=O) groups is 1. The van der Waals surface area contributed by atoms with Crippen LogP contribution in [0.2, 0.25) is 0 Å². The zero-order valence-corrected chi connectivity index (χ0v) is 18.9. The van der Waals surface area contributed by atoms with Crippen LogP contribution >= 0.6 is 11.3 Å². The zero-order valence-electron chi connectivity index (χ0n) is 18.1. The van der Waals surface area contributed by atoms with Gasteiger partial charge < -0.3 is 9.32 Å². The molecule has 1 N–H and O–H groups in total. The highest BCUT2D eigenvalue weighted by Crippen LogP contribution is 2.49. The van der Waals surface area contributed by atoms with E-state index in [1.807, 2.05) is 48.7 Å². The summed E-state index contributed by atoms with van der Waals surface area (Å²) in [5, 5.41) is 20.5. The Balaban J connectivity index is 1.63. The lowest BCUT2D eigenvalue weighted by Crippen LogP contribution is -2.51. The average Bonchev–Trinajstić information content (AvgIpc) is 3.47. The van der Waals surface area contributed by atoms with E-state index in [4.69, 9.17) is 9.83 Å². The number of nitrogens with one attached hydrogen (secondary N) is 1. The number of hydrogen-bond donors (Lipinski definition) is 1. The van der Waals surface area contributed by atoms with Gasteiger partial charge in [0, 0.05) is 29.1 Å². The number of likely N-dealkylation sites (N-methyl/N-ethyl adjacent to an activating group) is 1. The first kappa shape index (κ1) is 21.1. The summed E-state index contributed by atoms with van der Waals surface area (Å²) in [5.74, 6) is -0.874. The standard InChI is InChI=1S/C26H20FN3O2S/c1-26(22-11-19(14-33-22)18-7-15(13-28)8-20(27)9-18)12-23(29)30(2)25(31)24(26)17-4-3-16-5-6-32-21(16)10-17/h3-11,14,24,29H,12H2,1-2H3/t24-,26-/m1/s1. The molecule has 2 aromatic carbocycles. The molecule has 7 heteroatoms. The Bertz CT molecular complexity index is 1460. The third-order valence-corrected chi connectivity index (χ3v) is 7.70. The molecule has 5 nitrogen and oxygen atoms in total. The third kappa shape index (κ3) is 3.43. The summed E-state index contributed by atoms with van der Waals surface area (Å²) in [4.78, 5) is 15.8. The van der Waals surface area contributed by atoms with Crippen molar-refractivity contribution in [1.29, 1.82) is 10.7 Å². The number of amidine groups is 1. The van der Waals surface area contributed by atoms with Crippen LogP contribution in [0.5, 0.6) is 0 Å². The Kier molecular flexibility index (Phi) is 4.91. The van der Waals surface area contributed by atoms with Crippen LogP contribution in [0.3, 0.4) is 0 Å². The molecular formula is C26H20FN3O2S. The number of furan rings is 1. The van der Waals surface area contributed by atoms with Crippen LogP contribution < -0.4 is 0 Å². The minimum atomic E-state index is -0.671. The summed E-state index contributed by atoms with van der Waals surface area (Å²) in [7, 11) is 1.64. The van der Waals surface area contributed by atoms with Gasteiger partial charge in [0.25, 0.3) is 0 Å². The summed E-state index contributed by atoms with van der Waals surface area (Å²) < 4.78 is 19.6. The van der Waals surface area contributed by atoms with Gasteiger partial charge in [-0.2, -0.15) is 5.26 Å². The number of fused-ring (bicyclic) bond motifs is 1. The van der Waals surface area contributed by atoms with E-state index in [9.17, 15) is 14.4 Å². The SMILES string of the molecule is CN1C(=N)C[C@](C)(c2cc(-c3cc(F)cc(C#N)c3)cs2)[C@H](c2ccc3ccoc3c2)C1=O. The van der Waals surface area contributed by atoms with Crippen LogP contribution in [0.1, 0.15) is 35.3 Å². The maximum Gasteiger partial charge on any atom is 0.236 e. The summed E-state index contributed by atoms with van der Waals surface area (Å²) in [5.41, 5.74) is 2.52. The molecule has 164 valence electrons. The molecule has 4 aromatic rings. The van der Waals surface area contributed by atoms with E-state index in [0.29, 0.717) is 17.6 Å². The van der Waals surface area contributed by atoms with Crippen molar-refractivity contribution in [3.05, 3.63) is 82.0 Å². The first-order valence-electron chi connectivity index (χ1n) is 10.4. The lowest BCUT2D eigenvalue weighted by atomic mass is 9.67. The second-order valence-corrected chi connectivity index (χ2v) is 9.54. The van der Waals surface area contributed by atoms with Gasteiger partial charge in [-0.3, -0.25) is 10.2 Å². The van der Waals surface area contributed by atoms with Crippen molar-refractivity contribution in [2.75, 3.05) is 7.05 Å². The molecule has 0 aliphatic carbocycles. The Morgan fingerprint density at radius 3 is 2.82 bits per heavy atom. The Labute approximate surface area is 194 Å². The Morgan fingerprint density at radius 1 is 1.21 bits per heavy atom. The maximum atomic E-state index is 14.0. The fraction of sp³-hybridized carbons (Fsp3) is 0.192. The molecule has 1 amide bonds. The van der Waals surface area contributed by atoms with E-state index in [1.54, 1.807) is 19.4 Å². The number of thiophene rings is 1. The van der Waals surface area contributed by atoms with Crippen LogP contribution in [0.4, 0.5) is 4.39 Å². The van der Waals surface area contributed by atoms with Crippen LogP contribution in [-0.2, 0) is 10.2 Å². The monoisotopic (exact) mass is 457 g/mol. The molecule has 0 radical (unpaired) electrons. The molecular weight excluding hydrogens is 437 g/mol. The van der Waals surface area contributed by atoms with Gasteiger partial charge in [-0.15, -0.1) is 11.3 Å². The van der Waals surface area contributed by atoms with Gasteiger partial charge in [-0.25, -0.2) is 4.39 Å². The van der Waals surface area contributed by atoms with Crippen LogP contribution in [0.25, 0.3) is 22.1 Å². The fourth-order valence-corrected chi connectivity index (χ4v) is 5.78. The largest absolute Gasteiger partial charge is 0.464 e. The van der Waals surface area contributed by atoms with Crippen molar-refractivity contribution in [2.45, 2.75) is 24.7 Å². The Morgan fingerprint density at radius 2 is 2.03 bits per heavy atom. The highest BCUT2D eigenvalue weighted by atomic mass is 32.1. The number of likely N-dealkylation sites (tertiary alicyclic amines) is 1. The quantitative estimate of drug-likeness (QED) is 0.406. The normalized spacial score (nSPS) is 20.9. The number of benzene rings is 2. The molecule has 0 unspecified atom stereocenters. The van der Waals surface area contributed by atoms with Crippen LogP contribution in [0.15, 0.2) is 64.6 Å². The van der Waals surface area contributed by atoms with Gasteiger partial charge >= 0.3 is 0 Å². The molecule has 1 aliphatic heterocycles. The van der Waals surface area contributed by atoms with Gasteiger partial charge in [0.05, 0.1) is 23.8 Å². The molecule has 5 rings (SSSR count). The Hall–Kier alpha value is -3.76. The van der Waals surface area contributed by atoms with Crippen molar-refractivity contribution in [3.8, 4) is 17.2 Å². The van der Waals surface area contributed by atoms with E-state index >= 15 is 0 Å². The molecule has 0 spiro atoms. The third-order valence-electron chi connectivity index (χ3n) is 6.49. The van der Waals surface area contributed by atoms with Gasteiger partial charge in [0.2, 0.25) is 5.91 Å². The second-order valence-electron chi connectivity index (χ2n) is 8.63. The van der Waals surface area contributed by atoms with Gasteiger partial charge in [-0.1, -0.05) is 19.1 Å². The highest BCUT2D eigenvalue weighted by molar-refractivity contribution is 7.10. The second kappa shape index (κ2) is 7.68. The fourth-order valence-electron chi connectivity index (χ4n) is 4.67. The summed E-state index contributed by atoms with van der Waals surface area (Å²) >= 11 is 1.48. The van der Waals surface area contributed by atoms with E-state index in [-0.39, 0.29) is 17.3 Å². The minimum absolute atomic E-state index is 0.146. The molecule has 3 heterocycles. The number of hydrogen-bond acceptors (Lipinski definition) is 5. The predicted octanol–water partition coefficient (Wildman–Crippen LogP) is 6.05. The average molecular weight is 458 g/mol. The van der Waals surface area contributed by atoms with Crippen LogP contribution in [-0.4, -0.2) is 23.7 Å². The van der Waals surface area contributed by atoms with Crippen molar-refractivity contribution in [2.24, 2.45) is 0 Å². The molecule has 0 saturated carbocycles. The number of nitriles is 1. The molecule has 1 fully saturated rings. The smallest absolute Gasteiger partial charge is 0.236 e. The van der Waals surface area contributed by atoms with Crippen molar-refractivity contribution >= 4 is 34.0 Å². The van der Waals surface area contributed by atoms with Gasteiger partial charge in [-0.05, 0) is 58.5 Å². The van der Waals surface area contributed by atoms with Crippen molar-refractivity contribution < 1.29 is 13.6 Å². The molecule has 2 aromatic heterocycles. The molecule has 1 aliphatic rings. The highest BCUT2D eigenvalue weighted by Gasteiger charge is 2.49. The molecule has 2 atom stereocenters. The first-order valence-corrected chi connectivity index (χ1v) is 11.3. The molecule has 1 saturated heterocycles.